The largest absolute Gasteiger partial charge is 0.398 e. The minimum Gasteiger partial charge on any atom is -0.398 e. The van der Waals surface area contributed by atoms with Gasteiger partial charge in [-0.25, -0.2) is 0 Å². The summed E-state index contributed by atoms with van der Waals surface area (Å²) < 4.78 is 0. The Balaban J connectivity index is 2.23. The van der Waals surface area contributed by atoms with Gasteiger partial charge >= 0.3 is 0 Å². The van der Waals surface area contributed by atoms with Crippen molar-refractivity contribution in [3.05, 3.63) is 78.4 Å². The first-order chi connectivity index (χ1) is 11.7. The monoisotopic (exact) mass is 312 g/mol. The molecule has 3 heteroatoms. The lowest BCUT2D eigenvalue weighted by molar-refractivity contribution is 0.100. The van der Waals surface area contributed by atoms with Crippen molar-refractivity contribution in [1.82, 2.24) is 0 Å². The Bertz CT molecular complexity index is 1100. The van der Waals surface area contributed by atoms with Crippen molar-refractivity contribution >= 4 is 33.1 Å². The minimum absolute atomic E-state index is 0.455. The van der Waals surface area contributed by atoms with Crippen molar-refractivity contribution in [2.45, 2.75) is 0 Å². The van der Waals surface area contributed by atoms with Crippen LogP contribution in [0.5, 0.6) is 0 Å². The van der Waals surface area contributed by atoms with Crippen molar-refractivity contribution in [2.75, 3.05) is 5.73 Å². The number of hydrogen-bond donors (Lipinski definition) is 2. The molecule has 0 atom stereocenters. The predicted molar refractivity (Wildman–Crippen MR) is 99.8 cm³/mol. The summed E-state index contributed by atoms with van der Waals surface area (Å²) >= 11 is 0. The molecule has 4 aromatic rings. The van der Waals surface area contributed by atoms with E-state index in [9.17, 15) is 4.79 Å². The number of nitrogens with two attached hydrogens (primary N) is 2. The van der Waals surface area contributed by atoms with Crippen molar-refractivity contribution < 1.29 is 4.79 Å². The van der Waals surface area contributed by atoms with Crippen LogP contribution in [0.3, 0.4) is 0 Å². The second kappa shape index (κ2) is 5.39. The molecule has 3 nitrogen and oxygen atoms in total. The molecule has 0 heterocycles. The Kier molecular flexibility index (Phi) is 3.21. The fourth-order valence-electron chi connectivity index (χ4n) is 3.31. The zero-order valence-corrected chi connectivity index (χ0v) is 13.0. The van der Waals surface area contributed by atoms with E-state index in [0.717, 1.165) is 32.7 Å². The first kappa shape index (κ1) is 14.3. The van der Waals surface area contributed by atoms with Gasteiger partial charge in [-0.1, -0.05) is 60.7 Å². The fraction of sp³-hybridized carbons (Fsp3) is 0. The van der Waals surface area contributed by atoms with Crippen molar-refractivity contribution in [3.63, 3.8) is 0 Å². The SMILES string of the molecule is NC(=O)c1ccc2ccccc2c1-c1c(N)ccc2ccccc12. The molecule has 116 valence electrons. The number of rotatable bonds is 2. The maximum atomic E-state index is 12.1. The summed E-state index contributed by atoms with van der Waals surface area (Å²) in [7, 11) is 0. The number of hydrogen-bond acceptors (Lipinski definition) is 2. The smallest absolute Gasteiger partial charge is 0.249 e. The Labute approximate surface area is 139 Å². The number of carbonyl (C=O) groups excluding carboxylic acids is 1. The third-order valence-corrected chi connectivity index (χ3v) is 4.41. The third kappa shape index (κ3) is 2.10. The normalized spacial score (nSPS) is 11.0. The van der Waals surface area contributed by atoms with Gasteiger partial charge in [-0.15, -0.1) is 0 Å². The van der Waals surface area contributed by atoms with Crippen LogP contribution in [-0.4, -0.2) is 5.91 Å². The van der Waals surface area contributed by atoms with Gasteiger partial charge in [0.15, 0.2) is 0 Å². The third-order valence-electron chi connectivity index (χ3n) is 4.41. The summed E-state index contributed by atoms with van der Waals surface area (Å²) in [5.41, 5.74) is 14.8. The average Bonchev–Trinajstić information content (AvgIpc) is 2.61. The lowest BCUT2D eigenvalue weighted by Crippen LogP contribution is -2.13. The lowest BCUT2D eigenvalue weighted by atomic mass is 9.89. The van der Waals surface area contributed by atoms with Crippen LogP contribution in [0.1, 0.15) is 10.4 Å². The van der Waals surface area contributed by atoms with Gasteiger partial charge in [0.25, 0.3) is 0 Å². The van der Waals surface area contributed by atoms with E-state index in [4.69, 9.17) is 11.5 Å². The Morgan fingerprint density at radius 3 is 1.83 bits per heavy atom. The summed E-state index contributed by atoms with van der Waals surface area (Å²) in [4.78, 5) is 12.1. The van der Waals surface area contributed by atoms with Gasteiger partial charge in [-0.3, -0.25) is 4.79 Å². The molecule has 0 unspecified atom stereocenters. The van der Waals surface area contributed by atoms with Crippen molar-refractivity contribution in [2.24, 2.45) is 5.73 Å². The maximum absolute atomic E-state index is 12.1. The molecule has 0 fully saturated rings. The van der Waals surface area contributed by atoms with Crippen LogP contribution < -0.4 is 11.5 Å². The van der Waals surface area contributed by atoms with Gasteiger partial charge < -0.3 is 11.5 Å². The molecular formula is C21H16N2O. The van der Waals surface area contributed by atoms with Gasteiger partial charge in [0.2, 0.25) is 5.91 Å². The van der Waals surface area contributed by atoms with E-state index in [1.807, 2.05) is 66.7 Å². The molecule has 0 radical (unpaired) electrons. The van der Waals surface area contributed by atoms with Crippen LogP contribution in [0.25, 0.3) is 32.7 Å². The number of nitrogen functional groups attached to an aromatic ring is 1. The minimum atomic E-state index is -0.455. The second-order valence-corrected chi connectivity index (χ2v) is 5.82. The maximum Gasteiger partial charge on any atom is 0.249 e. The summed E-state index contributed by atoms with van der Waals surface area (Å²) in [6.45, 7) is 0. The van der Waals surface area contributed by atoms with Gasteiger partial charge in [0, 0.05) is 22.4 Å². The zero-order chi connectivity index (χ0) is 16.7. The highest BCUT2D eigenvalue weighted by Crippen LogP contribution is 2.40. The van der Waals surface area contributed by atoms with Crippen LogP contribution in [-0.2, 0) is 0 Å². The molecule has 0 bridgehead atoms. The van der Waals surface area contributed by atoms with Gasteiger partial charge in [0.1, 0.15) is 0 Å². The van der Waals surface area contributed by atoms with E-state index in [1.165, 1.54) is 0 Å². The standard InChI is InChI=1S/C21H16N2O/c22-18-12-10-14-6-2-4-8-16(14)20(18)19-15-7-3-1-5-13(15)9-11-17(19)21(23)24/h1-12H,22H2,(H2,23,24). The first-order valence-corrected chi connectivity index (χ1v) is 7.76. The Morgan fingerprint density at radius 2 is 1.21 bits per heavy atom. The van der Waals surface area contributed by atoms with Gasteiger partial charge in [0.05, 0.1) is 0 Å². The fourth-order valence-corrected chi connectivity index (χ4v) is 3.31. The number of amides is 1. The van der Waals surface area contributed by atoms with Crippen LogP contribution in [0.2, 0.25) is 0 Å². The van der Waals surface area contributed by atoms with Crippen LogP contribution >= 0.6 is 0 Å². The van der Waals surface area contributed by atoms with Crippen molar-refractivity contribution in [1.29, 1.82) is 0 Å². The highest BCUT2D eigenvalue weighted by atomic mass is 16.1. The van der Waals surface area contributed by atoms with Crippen LogP contribution in [0, 0.1) is 0 Å². The first-order valence-electron chi connectivity index (χ1n) is 7.76. The van der Waals surface area contributed by atoms with Gasteiger partial charge in [-0.05, 0) is 33.7 Å². The number of fused-ring (bicyclic) bond motifs is 2. The summed E-state index contributed by atoms with van der Waals surface area (Å²) in [6.07, 6.45) is 0. The predicted octanol–water partition coefficient (Wildman–Crippen LogP) is 4.34. The number of carbonyl (C=O) groups is 1. The summed E-state index contributed by atoms with van der Waals surface area (Å²) in [6, 6.07) is 23.5. The Morgan fingerprint density at radius 1 is 0.667 bits per heavy atom. The van der Waals surface area contributed by atoms with Crippen molar-refractivity contribution in [3.8, 4) is 11.1 Å². The molecule has 0 aliphatic heterocycles. The van der Waals surface area contributed by atoms with E-state index in [-0.39, 0.29) is 0 Å². The molecule has 0 aromatic heterocycles. The average molecular weight is 312 g/mol. The van der Waals surface area contributed by atoms with E-state index in [0.29, 0.717) is 11.3 Å². The second-order valence-electron chi connectivity index (χ2n) is 5.82. The molecule has 24 heavy (non-hydrogen) atoms. The van der Waals surface area contributed by atoms with E-state index in [2.05, 4.69) is 0 Å². The highest BCUT2D eigenvalue weighted by Gasteiger charge is 2.18. The number of anilines is 1. The molecule has 4 N–H and O–H groups in total. The lowest BCUT2D eigenvalue weighted by Gasteiger charge is -2.16. The quantitative estimate of drug-likeness (QED) is 0.541. The molecule has 4 aromatic carbocycles. The summed E-state index contributed by atoms with van der Waals surface area (Å²) in [5, 5.41) is 4.10. The Hall–Kier alpha value is -3.33. The molecule has 0 saturated heterocycles. The highest BCUT2D eigenvalue weighted by molar-refractivity contribution is 6.16. The summed E-state index contributed by atoms with van der Waals surface area (Å²) in [5.74, 6) is -0.455. The zero-order valence-electron chi connectivity index (χ0n) is 13.0. The van der Waals surface area contributed by atoms with Crippen LogP contribution in [0.4, 0.5) is 5.69 Å². The number of benzene rings is 4. The van der Waals surface area contributed by atoms with E-state index in [1.54, 1.807) is 6.07 Å². The molecule has 4 rings (SSSR count). The molecule has 1 amide bonds. The van der Waals surface area contributed by atoms with E-state index >= 15 is 0 Å². The molecule has 0 saturated carbocycles. The topological polar surface area (TPSA) is 69.1 Å². The molecule has 0 aliphatic rings. The molecule has 0 spiro atoms. The molecular weight excluding hydrogens is 296 g/mol. The van der Waals surface area contributed by atoms with Crippen LogP contribution in [0.15, 0.2) is 72.8 Å². The number of primary amides is 1. The van der Waals surface area contributed by atoms with Gasteiger partial charge in [-0.2, -0.15) is 0 Å². The van der Waals surface area contributed by atoms with E-state index < -0.39 is 5.91 Å². The molecule has 0 aliphatic carbocycles.